The van der Waals surface area contributed by atoms with Gasteiger partial charge in [-0.05, 0) is 30.7 Å². The number of terminal acetylenes is 1. The fourth-order valence-electron chi connectivity index (χ4n) is 2.41. The third-order valence-electron chi connectivity index (χ3n) is 3.45. The summed E-state index contributed by atoms with van der Waals surface area (Å²) in [6, 6.07) is 11.7. The van der Waals surface area contributed by atoms with Gasteiger partial charge in [-0.2, -0.15) is 4.99 Å². The first-order valence-corrected chi connectivity index (χ1v) is 7.79. The number of hydrogen-bond acceptors (Lipinski definition) is 2. The van der Waals surface area contributed by atoms with E-state index >= 15 is 0 Å². The number of carbonyl (C=O) groups is 1. The van der Waals surface area contributed by atoms with Crippen molar-refractivity contribution in [3.05, 3.63) is 64.2 Å². The number of aromatic nitrogens is 1. The lowest BCUT2D eigenvalue weighted by atomic mass is 10.2. The average molecular weight is 324 g/mol. The number of benzene rings is 2. The molecule has 0 saturated carbocycles. The molecule has 3 rings (SSSR count). The van der Waals surface area contributed by atoms with Gasteiger partial charge in [0.05, 0.1) is 22.3 Å². The Kier molecular flexibility index (Phi) is 4.09. The summed E-state index contributed by atoms with van der Waals surface area (Å²) >= 11 is 1.36. The molecule has 23 heavy (non-hydrogen) atoms. The van der Waals surface area contributed by atoms with Crippen LogP contribution in [0.2, 0.25) is 0 Å². The monoisotopic (exact) mass is 324 g/mol. The second kappa shape index (κ2) is 6.19. The predicted molar refractivity (Wildman–Crippen MR) is 89.7 cm³/mol. The van der Waals surface area contributed by atoms with Crippen molar-refractivity contribution in [3.63, 3.8) is 0 Å². The molecular weight excluding hydrogens is 311 g/mol. The van der Waals surface area contributed by atoms with Crippen molar-refractivity contribution in [2.75, 3.05) is 0 Å². The van der Waals surface area contributed by atoms with E-state index < -0.39 is 11.7 Å². The molecule has 114 valence electrons. The van der Waals surface area contributed by atoms with Gasteiger partial charge in [-0.3, -0.25) is 4.79 Å². The van der Waals surface area contributed by atoms with E-state index in [0.29, 0.717) is 11.3 Å². The molecule has 0 aliphatic carbocycles. The summed E-state index contributed by atoms with van der Waals surface area (Å²) in [6.07, 6.45) is 5.44. The van der Waals surface area contributed by atoms with Gasteiger partial charge in [0.2, 0.25) is 0 Å². The molecule has 0 aliphatic heterocycles. The summed E-state index contributed by atoms with van der Waals surface area (Å²) in [6.45, 7) is 2.28. The summed E-state index contributed by atoms with van der Waals surface area (Å²) in [7, 11) is 0. The summed E-state index contributed by atoms with van der Waals surface area (Å²) in [5, 5.41) is 0. The zero-order valence-corrected chi connectivity index (χ0v) is 13.2. The van der Waals surface area contributed by atoms with Crippen LogP contribution in [0.4, 0.5) is 4.39 Å². The van der Waals surface area contributed by atoms with E-state index in [-0.39, 0.29) is 5.56 Å². The van der Waals surface area contributed by atoms with Gasteiger partial charge in [0.1, 0.15) is 5.82 Å². The van der Waals surface area contributed by atoms with Crippen molar-refractivity contribution in [3.8, 4) is 12.3 Å². The van der Waals surface area contributed by atoms with E-state index in [1.165, 1.54) is 29.5 Å². The lowest BCUT2D eigenvalue weighted by molar-refractivity contribution is 0.0994. The Balaban J connectivity index is 2.22. The summed E-state index contributed by atoms with van der Waals surface area (Å²) in [4.78, 5) is 16.9. The van der Waals surface area contributed by atoms with Crippen LogP contribution in [0.25, 0.3) is 10.2 Å². The molecule has 0 unspecified atom stereocenters. The standard InChI is InChI=1S/C18H13FN2OS/c1-3-11-21-16-12(2)7-6-10-15(16)23-18(21)20-17(22)13-8-4-5-9-14(13)19/h1,4-10H,11H2,2H3. The Labute approximate surface area is 136 Å². The van der Waals surface area contributed by atoms with Crippen LogP contribution in [-0.4, -0.2) is 10.5 Å². The van der Waals surface area contributed by atoms with Crippen LogP contribution < -0.4 is 4.80 Å². The Hall–Kier alpha value is -2.71. The number of para-hydroxylation sites is 1. The van der Waals surface area contributed by atoms with Gasteiger partial charge in [0.15, 0.2) is 4.80 Å². The quantitative estimate of drug-likeness (QED) is 0.664. The topological polar surface area (TPSA) is 34.4 Å². The first kappa shape index (κ1) is 15.2. The molecule has 2 aromatic carbocycles. The molecule has 0 radical (unpaired) electrons. The van der Waals surface area contributed by atoms with Crippen molar-refractivity contribution < 1.29 is 9.18 Å². The molecule has 3 nitrogen and oxygen atoms in total. The van der Waals surface area contributed by atoms with E-state index in [1.54, 1.807) is 6.07 Å². The first-order valence-electron chi connectivity index (χ1n) is 6.98. The van der Waals surface area contributed by atoms with Crippen molar-refractivity contribution >= 4 is 27.5 Å². The molecule has 1 amide bonds. The van der Waals surface area contributed by atoms with Crippen LogP contribution in [0.5, 0.6) is 0 Å². The minimum Gasteiger partial charge on any atom is -0.304 e. The molecule has 0 saturated heterocycles. The number of aryl methyl sites for hydroxylation is 1. The third-order valence-corrected chi connectivity index (χ3v) is 4.50. The highest BCUT2D eigenvalue weighted by atomic mass is 32.1. The average Bonchev–Trinajstić information content (AvgIpc) is 2.87. The van der Waals surface area contributed by atoms with Crippen LogP contribution in [0.15, 0.2) is 47.5 Å². The van der Waals surface area contributed by atoms with Crippen LogP contribution >= 0.6 is 11.3 Å². The maximum atomic E-state index is 13.7. The highest BCUT2D eigenvalue weighted by Gasteiger charge is 2.12. The molecule has 0 fully saturated rings. The van der Waals surface area contributed by atoms with Gasteiger partial charge in [-0.15, -0.1) is 6.42 Å². The molecular formula is C18H13FN2OS. The first-order chi connectivity index (χ1) is 11.1. The zero-order chi connectivity index (χ0) is 16.4. The minimum atomic E-state index is -0.613. The molecule has 3 aromatic rings. The van der Waals surface area contributed by atoms with Crippen LogP contribution in [0.3, 0.4) is 0 Å². The highest BCUT2D eigenvalue weighted by Crippen LogP contribution is 2.21. The number of nitrogens with zero attached hydrogens (tertiary/aromatic N) is 2. The fraction of sp³-hybridized carbons (Fsp3) is 0.111. The van der Waals surface area contributed by atoms with Gasteiger partial charge in [0, 0.05) is 0 Å². The Morgan fingerprint density at radius 2 is 2.09 bits per heavy atom. The largest absolute Gasteiger partial charge is 0.304 e. The SMILES string of the molecule is C#CCn1c(=NC(=O)c2ccccc2F)sc2cccc(C)c21. The van der Waals surface area contributed by atoms with Gasteiger partial charge in [-0.25, -0.2) is 4.39 Å². The van der Waals surface area contributed by atoms with E-state index in [1.807, 2.05) is 29.7 Å². The minimum absolute atomic E-state index is 0.0473. The van der Waals surface area contributed by atoms with Crippen molar-refractivity contribution in [2.24, 2.45) is 4.99 Å². The van der Waals surface area contributed by atoms with E-state index in [0.717, 1.165) is 15.8 Å². The third kappa shape index (κ3) is 2.81. The summed E-state index contributed by atoms with van der Waals surface area (Å²) in [5.74, 6) is 1.38. The molecule has 1 aromatic heterocycles. The van der Waals surface area contributed by atoms with Crippen LogP contribution in [0, 0.1) is 25.1 Å². The van der Waals surface area contributed by atoms with E-state index in [2.05, 4.69) is 10.9 Å². The van der Waals surface area contributed by atoms with Gasteiger partial charge in [0.25, 0.3) is 5.91 Å². The molecule has 0 N–H and O–H groups in total. The second-order valence-electron chi connectivity index (χ2n) is 4.99. The van der Waals surface area contributed by atoms with E-state index in [9.17, 15) is 9.18 Å². The molecule has 0 atom stereocenters. The maximum absolute atomic E-state index is 13.7. The fourth-order valence-corrected chi connectivity index (χ4v) is 3.52. The maximum Gasteiger partial charge on any atom is 0.282 e. The van der Waals surface area contributed by atoms with Gasteiger partial charge < -0.3 is 4.57 Å². The number of halogens is 1. The number of rotatable bonds is 2. The number of carbonyl (C=O) groups excluding carboxylic acids is 1. The molecule has 0 aliphatic rings. The Morgan fingerprint density at radius 3 is 2.83 bits per heavy atom. The van der Waals surface area contributed by atoms with Crippen molar-refractivity contribution in [2.45, 2.75) is 13.5 Å². The lowest BCUT2D eigenvalue weighted by Crippen LogP contribution is -2.17. The lowest BCUT2D eigenvalue weighted by Gasteiger charge is -2.02. The van der Waals surface area contributed by atoms with Crippen LogP contribution in [-0.2, 0) is 6.54 Å². The summed E-state index contributed by atoms with van der Waals surface area (Å²) < 4.78 is 16.5. The molecule has 0 spiro atoms. The Bertz CT molecular complexity index is 1010. The number of fused-ring (bicyclic) bond motifs is 1. The number of thiazole rings is 1. The van der Waals surface area contributed by atoms with Crippen LogP contribution in [0.1, 0.15) is 15.9 Å². The molecule has 1 heterocycles. The van der Waals surface area contributed by atoms with Gasteiger partial charge >= 0.3 is 0 Å². The van der Waals surface area contributed by atoms with Gasteiger partial charge in [-0.1, -0.05) is 41.5 Å². The Morgan fingerprint density at radius 1 is 1.30 bits per heavy atom. The highest BCUT2D eigenvalue weighted by molar-refractivity contribution is 7.16. The normalized spacial score (nSPS) is 11.6. The second-order valence-corrected chi connectivity index (χ2v) is 6.00. The number of hydrogen-bond donors (Lipinski definition) is 0. The molecule has 0 bridgehead atoms. The van der Waals surface area contributed by atoms with E-state index in [4.69, 9.17) is 6.42 Å². The molecule has 5 heteroatoms. The number of amides is 1. The van der Waals surface area contributed by atoms with Crippen molar-refractivity contribution in [1.82, 2.24) is 4.57 Å². The predicted octanol–water partition coefficient (Wildman–Crippen LogP) is 3.52. The smallest absolute Gasteiger partial charge is 0.282 e. The zero-order valence-electron chi connectivity index (χ0n) is 12.4. The summed E-state index contributed by atoms with van der Waals surface area (Å²) in [5.41, 5.74) is 1.96. The van der Waals surface area contributed by atoms with Crippen molar-refractivity contribution in [1.29, 1.82) is 0 Å².